The van der Waals surface area contributed by atoms with Crippen molar-refractivity contribution in [2.75, 3.05) is 13.1 Å². The average Bonchev–Trinajstić information content (AvgIpc) is 2.48. The van der Waals surface area contributed by atoms with Crippen LogP contribution in [0, 0.1) is 5.41 Å². The third-order valence-electron chi connectivity index (χ3n) is 4.33. The smallest absolute Gasteiger partial charge is 0.223 e. The lowest BCUT2D eigenvalue weighted by Crippen LogP contribution is -2.54. The summed E-state index contributed by atoms with van der Waals surface area (Å²) in [6, 6.07) is 9.26. The van der Waals surface area contributed by atoms with Gasteiger partial charge in [0.15, 0.2) is 5.78 Å². The predicted molar refractivity (Wildman–Crippen MR) is 90.2 cm³/mol. The van der Waals surface area contributed by atoms with E-state index in [-0.39, 0.29) is 48.4 Å². The van der Waals surface area contributed by atoms with Gasteiger partial charge >= 0.3 is 0 Å². The molecule has 0 spiro atoms. The zero-order valence-corrected chi connectivity index (χ0v) is 14.1. The van der Waals surface area contributed by atoms with Gasteiger partial charge in [0, 0.05) is 37.5 Å². The van der Waals surface area contributed by atoms with Gasteiger partial charge in [-0.05, 0) is 11.8 Å². The van der Waals surface area contributed by atoms with Gasteiger partial charge in [-0.25, -0.2) is 0 Å². The molecule has 1 aliphatic rings. The van der Waals surface area contributed by atoms with Crippen LogP contribution in [-0.2, 0) is 4.79 Å². The minimum absolute atomic E-state index is 0. The van der Waals surface area contributed by atoms with E-state index in [1.165, 1.54) is 0 Å². The Hall–Kier alpha value is -1.39. The number of amides is 1. The van der Waals surface area contributed by atoms with Crippen LogP contribution in [0.3, 0.4) is 0 Å². The molecule has 1 atom stereocenters. The number of benzene rings is 1. The largest absolute Gasteiger partial charge is 0.342 e. The molecule has 22 heavy (non-hydrogen) atoms. The fourth-order valence-electron chi connectivity index (χ4n) is 2.73. The summed E-state index contributed by atoms with van der Waals surface area (Å²) in [5.74, 6) is 0.0798. The number of piperidine rings is 1. The molecule has 4 nitrogen and oxygen atoms in total. The fraction of sp³-hybridized carbons (Fsp3) is 0.529. The van der Waals surface area contributed by atoms with Crippen LogP contribution in [0.4, 0.5) is 0 Å². The molecule has 0 bridgehead atoms. The molecular weight excluding hydrogens is 300 g/mol. The highest BCUT2D eigenvalue weighted by atomic mass is 35.5. The molecule has 0 aliphatic carbocycles. The van der Waals surface area contributed by atoms with Crippen LogP contribution < -0.4 is 5.73 Å². The normalized spacial score (nSPS) is 20.1. The minimum atomic E-state index is -0.0582. The van der Waals surface area contributed by atoms with Crippen molar-refractivity contribution in [3.8, 4) is 0 Å². The summed E-state index contributed by atoms with van der Waals surface area (Å²) < 4.78 is 0. The van der Waals surface area contributed by atoms with E-state index in [0.717, 1.165) is 6.42 Å². The van der Waals surface area contributed by atoms with Crippen molar-refractivity contribution < 1.29 is 9.59 Å². The van der Waals surface area contributed by atoms with Gasteiger partial charge in [-0.2, -0.15) is 0 Å². The van der Waals surface area contributed by atoms with Crippen molar-refractivity contribution >= 4 is 24.1 Å². The molecule has 1 aromatic carbocycles. The second kappa shape index (κ2) is 7.75. The number of nitrogens with two attached hydrogens (primary N) is 1. The molecule has 1 amide bonds. The van der Waals surface area contributed by atoms with Crippen molar-refractivity contribution in [3.63, 3.8) is 0 Å². The van der Waals surface area contributed by atoms with Gasteiger partial charge < -0.3 is 10.6 Å². The quantitative estimate of drug-likeness (QED) is 0.866. The number of ketones is 1. The van der Waals surface area contributed by atoms with Gasteiger partial charge in [-0.3, -0.25) is 9.59 Å². The van der Waals surface area contributed by atoms with Crippen LogP contribution >= 0.6 is 12.4 Å². The standard InChI is InChI=1S/C17H24N2O2.ClH/c1-17(2)12-19(11-10-15(17)18)16(21)9-8-14(20)13-6-4-3-5-7-13;/h3-7,15H,8-12,18H2,1-2H3;1H. The minimum Gasteiger partial charge on any atom is -0.342 e. The molecule has 1 saturated heterocycles. The van der Waals surface area contributed by atoms with E-state index in [1.807, 2.05) is 23.1 Å². The van der Waals surface area contributed by atoms with Crippen molar-refractivity contribution in [2.45, 2.75) is 39.2 Å². The summed E-state index contributed by atoms with van der Waals surface area (Å²) in [6.45, 7) is 5.55. The lowest BCUT2D eigenvalue weighted by molar-refractivity contribution is -0.134. The first-order valence-corrected chi connectivity index (χ1v) is 7.52. The Balaban J connectivity index is 0.00000242. The fourth-order valence-corrected chi connectivity index (χ4v) is 2.73. The Bertz CT molecular complexity index is 517. The van der Waals surface area contributed by atoms with Gasteiger partial charge in [0.1, 0.15) is 0 Å². The first-order valence-electron chi connectivity index (χ1n) is 7.52. The number of carbonyl (C=O) groups excluding carboxylic acids is 2. The van der Waals surface area contributed by atoms with E-state index < -0.39 is 0 Å². The molecule has 1 fully saturated rings. The molecular formula is C17H25ClN2O2. The molecule has 1 unspecified atom stereocenters. The van der Waals surface area contributed by atoms with Crippen LogP contribution in [0.5, 0.6) is 0 Å². The second-order valence-corrected chi connectivity index (χ2v) is 6.49. The van der Waals surface area contributed by atoms with Crippen LogP contribution in [0.25, 0.3) is 0 Å². The van der Waals surface area contributed by atoms with E-state index in [9.17, 15) is 9.59 Å². The van der Waals surface area contributed by atoms with E-state index in [0.29, 0.717) is 18.7 Å². The highest BCUT2D eigenvalue weighted by Gasteiger charge is 2.35. The van der Waals surface area contributed by atoms with Crippen molar-refractivity contribution in [1.82, 2.24) is 4.90 Å². The van der Waals surface area contributed by atoms with Gasteiger partial charge in [0.25, 0.3) is 0 Å². The average molecular weight is 325 g/mol. The van der Waals surface area contributed by atoms with Crippen LogP contribution in [-0.4, -0.2) is 35.7 Å². The first kappa shape index (κ1) is 18.7. The highest BCUT2D eigenvalue weighted by molar-refractivity contribution is 5.97. The number of rotatable bonds is 4. The zero-order valence-electron chi connectivity index (χ0n) is 13.2. The zero-order chi connectivity index (χ0) is 15.5. The molecule has 0 radical (unpaired) electrons. The lowest BCUT2D eigenvalue weighted by atomic mass is 9.79. The summed E-state index contributed by atoms with van der Waals surface area (Å²) in [5.41, 5.74) is 6.70. The highest BCUT2D eigenvalue weighted by Crippen LogP contribution is 2.28. The lowest BCUT2D eigenvalue weighted by Gasteiger charge is -2.42. The van der Waals surface area contributed by atoms with Gasteiger partial charge in [0.2, 0.25) is 5.91 Å². The van der Waals surface area contributed by atoms with Gasteiger partial charge in [0.05, 0.1) is 0 Å². The number of halogens is 1. The van der Waals surface area contributed by atoms with Crippen LogP contribution in [0.15, 0.2) is 30.3 Å². The van der Waals surface area contributed by atoms with Crippen LogP contribution in [0.2, 0.25) is 0 Å². The van der Waals surface area contributed by atoms with E-state index >= 15 is 0 Å². The first-order chi connectivity index (χ1) is 9.90. The number of nitrogens with zero attached hydrogens (tertiary/aromatic N) is 1. The molecule has 0 aromatic heterocycles. The molecule has 2 N–H and O–H groups in total. The second-order valence-electron chi connectivity index (χ2n) is 6.49. The van der Waals surface area contributed by atoms with Crippen LogP contribution in [0.1, 0.15) is 43.5 Å². The van der Waals surface area contributed by atoms with Crippen molar-refractivity contribution in [1.29, 1.82) is 0 Å². The number of hydrogen-bond acceptors (Lipinski definition) is 3. The maximum atomic E-state index is 12.3. The topological polar surface area (TPSA) is 63.4 Å². The molecule has 1 heterocycles. The van der Waals surface area contributed by atoms with Gasteiger partial charge in [-0.1, -0.05) is 44.2 Å². The third kappa shape index (κ3) is 4.55. The number of carbonyl (C=O) groups is 2. The van der Waals surface area contributed by atoms with E-state index in [4.69, 9.17) is 5.73 Å². The third-order valence-corrected chi connectivity index (χ3v) is 4.33. The molecule has 5 heteroatoms. The maximum Gasteiger partial charge on any atom is 0.223 e. The monoisotopic (exact) mass is 324 g/mol. The Morgan fingerprint density at radius 1 is 1.23 bits per heavy atom. The van der Waals surface area contributed by atoms with Gasteiger partial charge in [-0.15, -0.1) is 12.4 Å². The molecule has 122 valence electrons. The summed E-state index contributed by atoms with van der Waals surface area (Å²) >= 11 is 0. The summed E-state index contributed by atoms with van der Waals surface area (Å²) in [4.78, 5) is 26.1. The van der Waals surface area contributed by atoms with Crippen molar-refractivity contribution in [2.24, 2.45) is 11.1 Å². The van der Waals surface area contributed by atoms with E-state index in [1.54, 1.807) is 12.1 Å². The SMILES string of the molecule is CC1(C)CN(C(=O)CCC(=O)c2ccccc2)CCC1N.Cl. The molecule has 2 rings (SSSR count). The number of likely N-dealkylation sites (tertiary alicyclic amines) is 1. The van der Waals surface area contributed by atoms with E-state index in [2.05, 4.69) is 13.8 Å². The molecule has 1 aliphatic heterocycles. The maximum absolute atomic E-state index is 12.3. The Morgan fingerprint density at radius 3 is 2.45 bits per heavy atom. The Labute approximate surface area is 138 Å². The Morgan fingerprint density at radius 2 is 1.86 bits per heavy atom. The predicted octanol–water partition coefficient (Wildman–Crippen LogP) is 2.66. The summed E-state index contributed by atoms with van der Waals surface area (Å²) in [5, 5.41) is 0. The summed E-state index contributed by atoms with van der Waals surface area (Å²) in [7, 11) is 0. The Kier molecular flexibility index (Phi) is 6.57. The molecule has 1 aromatic rings. The number of Topliss-reactive ketones (excluding diaryl/α,β-unsaturated/α-hetero) is 1. The number of hydrogen-bond donors (Lipinski definition) is 1. The van der Waals surface area contributed by atoms with Crippen molar-refractivity contribution in [3.05, 3.63) is 35.9 Å². The molecule has 0 saturated carbocycles. The summed E-state index contributed by atoms with van der Waals surface area (Å²) in [6.07, 6.45) is 1.37.